The van der Waals surface area contributed by atoms with Crippen molar-refractivity contribution in [3.05, 3.63) is 107 Å². The van der Waals surface area contributed by atoms with E-state index in [2.05, 4.69) is 0 Å². The van der Waals surface area contributed by atoms with Crippen LogP contribution in [0, 0.1) is 12.8 Å². The first kappa shape index (κ1) is 18.5. The molecule has 0 bridgehead atoms. The molecule has 0 N–H and O–H groups in total. The van der Waals surface area contributed by atoms with E-state index < -0.39 is 5.92 Å². The Bertz CT molecular complexity index is 890. The van der Waals surface area contributed by atoms with Gasteiger partial charge in [-0.3, -0.25) is 14.4 Å². The molecule has 0 saturated carbocycles. The number of carbonyl (C=O) groups is 3. The lowest BCUT2D eigenvalue weighted by atomic mass is 9.85. The van der Waals surface area contributed by atoms with Gasteiger partial charge in [0, 0.05) is 23.1 Å². The molecule has 0 aromatic heterocycles. The van der Waals surface area contributed by atoms with Crippen molar-refractivity contribution in [1.82, 2.24) is 0 Å². The molecule has 0 aliphatic rings. The van der Waals surface area contributed by atoms with Gasteiger partial charge in [0.15, 0.2) is 17.3 Å². The van der Waals surface area contributed by atoms with Crippen molar-refractivity contribution < 1.29 is 14.4 Å². The largest absolute Gasteiger partial charge is 0.294 e. The SMILES string of the molecule is Cc1ccc(C(=O)CC(C(=O)c2ccccc2)C(=O)c2ccccc2)cc1. The van der Waals surface area contributed by atoms with E-state index >= 15 is 0 Å². The molecule has 0 spiro atoms. The molecule has 3 nitrogen and oxygen atoms in total. The maximum atomic E-state index is 13.0. The van der Waals surface area contributed by atoms with Crippen LogP contribution in [0.4, 0.5) is 0 Å². The third-order valence-corrected chi connectivity index (χ3v) is 4.51. The van der Waals surface area contributed by atoms with Crippen LogP contribution >= 0.6 is 0 Å². The van der Waals surface area contributed by atoms with Gasteiger partial charge >= 0.3 is 0 Å². The van der Waals surface area contributed by atoms with Crippen molar-refractivity contribution in [1.29, 1.82) is 0 Å². The monoisotopic (exact) mass is 356 g/mol. The standard InChI is InChI=1S/C24H20O3/c1-17-12-14-18(15-13-17)22(25)16-21(23(26)19-8-4-2-5-9-19)24(27)20-10-6-3-7-11-20/h2-15,21H,16H2,1H3. The van der Waals surface area contributed by atoms with E-state index in [-0.39, 0.29) is 23.8 Å². The number of hydrogen-bond donors (Lipinski definition) is 0. The quantitative estimate of drug-likeness (QED) is 0.444. The highest BCUT2D eigenvalue weighted by atomic mass is 16.2. The molecule has 0 atom stereocenters. The molecule has 0 aliphatic heterocycles. The summed E-state index contributed by atoms with van der Waals surface area (Å²) >= 11 is 0. The molecular weight excluding hydrogens is 336 g/mol. The van der Waals surface area contributed by atoms with Gasteiger partial charge in [-0.1, -0.05) is 90.5 Å². The van der Waals surface area contributed by atoms with E-state index in [1.807, 2.05) is 31.2 Å². The van der Waals surface area contributed by atoms with Crippen LogP contribution in [0.5, 0.6) is 0 Å². The second-order valence-corrected chi connectivity index (χ2v) is 6.51. The Balaban J connectivity index is 1.92. The summed E-state index contributed by atoms with van der Waals surface area (Å²) in [5.74, 6) is -1.91. The molecule has 0 fully saturated rings. The van der Waals surface area contributed by atoms with Crippen LogP contribution in [0.2, 0.25) is 0 Å². The maximum absolute atomic E-state index is 13.0. The number of aryl methyl sites for hydroxylation is 1. The second-order valence-electron chi connectivity index (χ2n) is 6.51. The summed E-state index contributed by atoms with van der Waals surface area (Å²) in [7, 11) is 0. The minimum atomic E-state index is -1.04. The molecule has 0 saturated heterocycles. The van der Waals surface area contributed by atoms with Gasteiger partial charge in [-0.05, 0) is 6.92 Å². The number of hydrogen-bond acceptors (Lipinski definition) is 3. The summed E-state index contributed by atoms with van der Waals surface area (Å²) in [5.41, 5.74) is 2.42. The Morgan fingerprint density at radius 3 is 1.52 bits per heavy atom. The molecule has 3 rings (SSSR count). The van der Waals surface area contributed by atoms with E-state index in [0.29, 0.717) is 16.7 Å². The van der Waals surface area contributed by atoms with Crippen LogP contribution < -0.4 is 0 Å². The zero-order valence-electron chi connectivity index (χ0n) is 15.1. The highest BCUT2D eigenvalue weighted by Crippen LogP contribution is 2.21. The normalized spacial score (nSPS) is 10.6. The number of rotatable bonds is 7. The summed E-state index contributed by atoms with van der Waals surface area (Å²) in [4.78, 5) is 38.7. The molecule has 3 heteroatoms. The zero-order chi connectivity index (χ0) is 19.2. The van der Waals surface area contributed by atoms with Crippen molar-refractivity contribution in [3.63, 3.8) is 0 Å². The van der Waals surface area contributed by atoms with Gasteiger partial charge in [0.1, 0.15) is 0 Å². The predicted molar refractivity (Wildman–Crippen MR) is 105 cm³/mol. The Morgan fingerprint density at radius 2 is 1.07 bits per heavy atom. The van der Waals surface area contributed by atoms with Gasteiger partial charge < -0.3 is 0 Å². The van der Waals surface area contributed by atoms with Gasteiger partial charge in [0.25, 0.3) is 0 Å². The predicted octanol–water partition coefficient (Wildman–Crippen LogP) is 4.95. The molecule has 3 aromatic rings. The summed E-state index contributed by atoms with van der Waals surface area (Å²) in [5, 5.41) is 0. The number of carbonyl (C=O) groups excluding carboxylic acids is 3. The van der Waals surface area contributed by atoms with Crippen molar-refractivity contribution >= 4 is 17.3 Å². The summed E-state index contributed by atoms with van der Waals surface area (Å²) in [6, 6.07) is 24.5. The lowest BCUT2D eigenvalue weighted by Crippen LogP contribution is -2.27. The fourth-order valence-electron chi connectivity index (χ4n) is 2.95. The van der Waals surface area contributed by atoms with Gasteiger partial charge in [0.2, 0.25) is 0 Å². The van der Waals surface area contributed by atoms with Crippen LogP contribution in [0.1, 0.15) is 43.1 Å². The lowest BCUT2D eigenvalue weighted by molar-refractivity contribution is 0.0760. The van der Waals surface area contributed by atoms with Crippen molar-refractivity contribution in [2.75, 3.05) is 0 Å². The highest BCUT2D eigenvalue weighted by Gasteiger charge is 2.31. The average molecular weight is 356 g/mol. The topological polar surface area (TPSA) is 51.2 Å². The molecule has 0 amide bonds. The summed E-state index contributed by atoms with van der Waals surface area (Å²) < 4.78 is 0. The van der Waals surface area contributed by atoms with Crippen LogP contribution in [0.25, 0.3) is 0 Å². The van der Waals surface area contributed by atoms with Gasteiger partial charge in [-0.2, -0.15) is 0 Å². The Kier molecular flexibility index (Phi) is 5.72. The van der Waals surface area contributed by atoms with E-state index in [4.69, 9.17) is 0 Å². The van der Waals surface area contributed by atoms with E-state index in [9.17, 15) is 14.4 Å². The second kappa shape index (κ2) is 8.37. The van der Waals surface area contributed by atoms with Gasteiger partial charge in [0.05, 0.1) is 5.92 Å². The Labute approximate surface area is 158 Å². The maximum Gasteiger partial charge on any atom is 0.174 e. The van der Waals surface area contributed by atoms with Gasteiger partial charge in [-0.25, -0.2) is 0 Å². The third-order valence-electron chi connectivity index (χ3n) is 4.51. The molecule has 3 aromatic carbocycles. The first-order valence-corrected chi connectivity index (χ1v) is 8.84. The summed E-state index contributed by atoms with van der Waals surface area (Å²) in [6.07, 6.45) is -0.148. The minimum Gasteiger partial charge on any atom is -0.294 e. The van der Waals surface area contributed by atoms with Crippen molar-refractivity contribution in [2.24, 2.45) is 5.92 Å². The summed E-state index contributed by atoms with van der Waals surface area (Å²) in [6.45, 7) is 1.94. The zero-order valence-corrected chi connectivity index (χ0v) is 15.1. The fraction of sp³-hybridized carbons (Fsp3) is 0.125. The highest BCUT2D eigenvalue weighted by molar-refractivity contribution is 6.18. The van der Waals surface area contributed by atoms with Crippen LogP contribution in [-0.2, 0) is 0 Å². The molecule has 0 unspecified atom stereocenters. The van der Waals surface area contributed by atoms with Crippen LogP contribution in [-0.4, -0.2) is 17.3 Å². The van der Waals surface area contributed by atoms with Crippen LogP contribution in [0.3, 0.4) is 0 Å². The first-order chi connectivity index (χ1) is 13.1. The number of benzene rings is 3. The van der Waals surface area contributed by atoms with Crippen molar-refractivity contribution in [2.45, 2.75) is 13.3 Å². The molecule has 0 radical (unpaired) electrons. The Hall–Kier alpha value is -3.33. The Morgan fingerprint density at radius 1 is 0.630 bits per heavy atom. The minimum absolute atomic E-state index is 0.148. The van der Waals surface area contributed by atoms with E-state index in [0.717, 1.165) is 5.56 Å². The number of ketones is 3. The lowest BCUT2D eigenvalue weighted by Gasteiger charge is -2.15. The first-order valence-electron chi connectivity index (χ1n) is 8.84. The van der Waals surface area contributed by atoms with Gasteiger partial charge in [-0.15, -0.1) is 0 Å². The number of Topliss-reactive ketones (excluding diaryl/α,β-unsaturated/α-hetero) is 3. The van der Waals surface area contributed by atoms with Crippen molar-refractivity contribution in [3.8, 4) is 0 Å². The van der Waals surface area contributed by atoms with Crippen LogP contribution in [0.15, 0.2) is 84.9 Å². The molecule has 0 heterocycles. The molecule has 0 aliphatic carbocycles. The smallest absolute Gasteiger partial charge is 0.174 e. The van der Waals surface area contributed by atoms with E-state index in [1.54, 1.807) is 60.7 Å². The third kappa shape index (κ3) is 4.45. The molecular formula is C24H20O3. The van der Waals surface area contributed by atoms with E-state index in [1.165, 1.54) is 0 Å². The molecule has 27 heavy (non-hydrogen) atoms. The molecule has 134 valence electrons. The average Bonchev–Trinajstić information content (AvgIpc) is 2.72. The fourth-order valence-corrected chi connectivity index (χ4v) is 2.95.